The topological polar surface area (TPSA) is 66.7 Å². The summed E-state index contributed by atoms with van der Waals surface area (Å²) in [5, 5.41) is 11.8. The predicted octanol–water partition coefficient (Wildman–Crippen LogP) is 2.22. The lowest BCUT2D eigenvalue weighted by Gasteiger charge is -2.38. The third kappa shape index (κ3) is 6.32. The average molecular weight is 504 g/mol. The number of fused-ring (bicyclic) bond motifs is 1. The minimum absolute atomic E-state index is 0. The van der Waals surface area contributed by atoms with Crippen molar-refractivity contribution in [2.45, 2.75) is 64.6 Å². The van der Waals surface area contributed by atoms with E-state index in [4.69, 9.17) is 9.84 Å². The van der Waals surface area contributed by atoms with Crippen molar-refractivity contribution in [3.63, 3.8) is 0 Å². The van der Waals surface area contributed by atoms with Gasteiger partial charge in [-0.15, -0.1) is 24.0 Å². The van der Waals surface area contributed by atoms with Gasteiger partial charge in [-0.2, -0.15) is 5.10 Å². The molecule has 3 rings (SSSR count). The lowest BCUT2D eigenvalue weighted by molar-refractivity contribution is -0.0852. The van der Waals surface area contributed by atoms with Crippen LogP contribution in [0.25, 0.3) is 0 Å². The summed E-state index contributed by atoms with van der Waals surface area (Å²) in [4.78, 5) is 6.86. The Hall–Kier alpha value is -0.870. The van der Waals surface area contributed by atoms with Gasteiger partial charge >= 0.3 is 0 Å². The molecule has 0 saturated carbocycles. The summed E-state index contributed by atoms with van der Waals surface area (Å²) in [5.41, 5.74) is 2.59. The summed E-state index contributed by atoms with van der Waals surface area (Å²) >= 11 is 0. The van der Waals surface area contributed by atoms with Gasteiger partial charge in [0.15, 0.2) is 5.96 Å². The molecule has 1 atom stereocenters. The normalized spacial score (nSPS) is 22.5. The maximum atomic E-state index is 5.78. The van der Waals surface area contributed by atoms with Crippen molar-refractivity contribution >= 4 is 29.9 Å². The number of nitrogens with zero attached hydrogens (tertiary/aromatic N) is 4. The van der Waals surface area contributed by atoms with Gasteiger partial charge in [-0.05, 0) is 46.1 Å². The van der Waals surface area contributed by atoms with Crippen LogP contribution in [0.1, 0.15) is 51.4 Å². The van der Waals surface area contributed by atoms with Crippen LogP contribution in [0.3, 0.4) is 0 Å². The summed E-state index contributed by atoms with van der Waals surface area (Å²) in [6.45, 7) is 13.3. The van der Waals surface area contributed by atoms with Gasteiger partial charge in [0.25, 0.3) is 0 Å². The highest BCUT2D eigenvalue weighted by Gasteiger charge is 2.27. The molecule has 0 radical (unpaired) electrons. The molecule has 7 nitrogen and oxygen atoms in total. The number of morpholine rings is 1. The molecule has 1 fully saturated rings. The second-order valence-corrected chi connectivity index (χ2v) is 8.64. The second-order valence-electron chi connectivity index (χ2n) is 8.64. The van der Waals surface area contributed by atoms with Crippen LogP contribution in [0.5, 0.6) is 0 Å². The lowest BCUT2D eigenvalue weighted by atomic mass is 9.94. The largest absolute Gasteiger partial charge is 0.373 e. The summed E-state index contributed by atoms with van der Waals surface area (Å²) in [6, 6.07) is 0.808. The van der Waals surface area contributed by atoms with Crippen LogP contribution in [0.4, 0.5) is 0 Å². The number of aromatic nitrogens is 2. The van der Waals surface area contributed by atoms with Crippen molar-refractivity contribution in [1.82, 2.24) is 25.3 Å². The third-order valence-electron chi connectivity index (χ3n) is 5.42. The number of nitrogens with one attached hydrogen (secondary N) is 2. The standard InChI is InChI=1S/C20H36N6O.HI/c1-15(2)26-13-16-6-7-17(12-18(16)24-26)23-19(21-5)22-8-9-25-10-11-27-20(3,4)14-25;/h13,15,17H,6-12,14H2,1-5H3,(H2,21,22,23);1H. The molecule has 1 aliphatic carbocycles. The molecule has 2 heterocycles. The van der Waals surface area contributed by atoms with E-state index in [0.29, 0.717) is 12.1 Å². The average Bonchev–Trinajstić information content (AvgIpc) is 3.03. The zero-order valence-corrected chi connectivity index (χ0v) is 20.3. The SMILES string of the molecule is CN=C(NCCN1CCOC(C)(C)C1)NC1CCc2cn(C(C)C)nc2C1.I. The maximum Gasteiger partial charge on any atom is 0.191 e. The summed E-state index contributed by atoms with van der Waals surface area (Å²) < 4.78 is 7.87. The van der Waals surface area contributed by atoms with Crippen molar-refractivity contribution in [2.75, 3.05) is 39.8 Å². The van der Waals surface area contributed by atoms with Gasteiger partial charge in [-0.3, -0.25) is 14.6 Å². The fourth-order valence-electron chi connectivity index (χ4n) is 3.93. The molecular formula is C20H37IN6O. The highest BCUT2D eigenvalue weighted by Crippen LogP contribution is 2.21. The quantitative estimate of drug-likeness (QED) is 0.366. The van der Waals surface area contributed by atoms with Crippen LogP contribution in [-0.2, 0) is 17.6 Å². The fourth-order valence-corrected chi connectivity index (χ4v) is 3.93. The van der Waals surface area contributed by atoms with Gasteiger partial charge in [0.05, 0.1) is 17.9 Å². The summed E-state index contributed by atoms with van der Waals surface area (Å²) in [5.74, 6) is 0.888. The first-order chi connectivity index (χ1) is 12.9. The van der Waals surface area contributed by atoms with E-state index in [9.17, 15) is 0 Å². The van der Waals surface area contributed by atoms with Gasteiger partial charge in [-0.25, -0.2) is 0 Å². The second kappa shape index (κ2) is 10.2. The molecule has 1 aromatic rings. The van der Waals surface area contributed by atoms with Crippen molar-refractivity contribution in [3.05, 3.63) is 17.5 Å². The van der Waals surface area contributed by atoms with Crippen LogP contribution >= 0.6 is 24.0 Å². The Labute approximate surface area is 186 Å². The molecule has 160 valence electrons. The number of halogens is 1. The van der Waals surface area contributed by atoms with Gasteiger partial charge in [-0.1, -0.05) is 0 Å². The number of aryl methyl sites for hydroxylation is 1. The first kappa shape index (κ1) is 23.4. The molecule has 0 bridgehead atoms. The minimum atomic E-state index is -0.0443. The van der Waals surface area contributed by atoms with E-state index in [1.54, 1.807) is 0 Å². The number of hydrogen-bond donors (Lipinski definition) is 2. The number of ether oxygens (including phenoxy) is 1. The van der Waals surface area contributed by atoms with Crippen molar-refractivity contribution < 1.29 is 4.74 Å². The Kier molecular flexibility index (Phi) is 8.57. The van der Waals surface area contributed by atoms with Crippen LogP contribution in [0.2, 0.25) is 0 Å². The maximum absolute atomic E-state index is 5.78. The number of rotatable bonds is 5. The predicted molar refractivity (Wildman–Crippen MR) is 125 cm³/mol. The van der Waals surface area contributed by atoms with Crippen molar-refractivity contribution in [1.29, 1.82) is 0 Å². The molecule has 1 aliphatic heterocycles. The van der Waals surface area contributed by atoms with E-state index in [0.717, 1.165) is 58.0 Å². The molecule has 1 saturated heterocycles. The van der Waals surface area contributed by atoms with Gasteiger partial charge < -0.3 is 15.4 Å². The molecule has 0 aromatic carbocycles. The van der Waals surface area contributed by atoms with E-state index < -0.39 is 0 Å². The molecule has 2 aliphatic rings. The van der Waals surface area contributed by atoms with Gasteiger partial charge in [0, 0.05) is 57.9 Å². The van der Waals surface area contributed by atoms with E-state index in [-0.39, 0.29) is 29.6 Å². The zero-order valence-electron chi connectivity index (χ0n) is 18.0. The first-order valence-corrected chi connectivity index (χ1v) is 10.3. The Morgan fingerprint density at radius 3 is 2.89 bits per heavy atom. The molecule has 8 heteroatoms. The first-order valence-electron chi connectivity index (χ1n) is 10.3. The van der Waals surface area contributed by atoms with Crippen molar-refractivity contribution in [2.24, 2.45) is 4.99 Å². The number of hydrogen-bond acceptors (Lipinski definition) is 4. The lowest BCUT2D eigenvalue weighted by Crippen LogP contribution is -2.51. The van der Waals surface area contributed by atoms with E-state index in [2.05, 4.69) is 59.1 Å². The Morgan fingerprint density at radius 1 is 1.43 bits per heavy atom. The van der Waals surface area contributed by atoms with Gasteiger partial charge in [0.2, 0.25) is 0 Å². The third-order valence-corrected chi connectivity index (χ3v) is 5.42. The molecule has 2 N–H and O–H groups in total. The summed E-state index contributed by atoms with van der Waals surface area (Å²) in [7, 11) is 1.84. The van der Waals surface area contributed by atoms with Crippen LogP contribution in [0, 0.1) is 0 Å². The highest BCUT2D eigenvalue weighted by atomic mass is 127. The van der Waals surface area contributed by atoms with Gasteiger partial charge in [0.1, 0.15) is 0 Å². The molecule has 28 heavy (non-hydrogen) atoms. The molecule has 1 aromatic heterocycles. The minimum Gasteiger partial charge on any atom is -0.373 e. The number of guanidine groups is 1. The highest BCUT2D eigenvalue weighted by molar-refractivity contribution is 14.0. The smallest absolute Gasteiger partial charge is 0.191 e. The fraction of sp³-hybridized carbons (Fsp3) is 0.800. The molecular weight excluding hydrogens is 467 g/mol. The Balaban J connectivity index is 0.00000280. The molecule has 0 spiro atoms. The molecule has 0 amide bonds. The zero-order chi connectivity index (χ0) is 19.4. The Morgan fingerprint density at radius 2 is 2.21 bits per heavy atom. The Bertz CT molecular complexity index is 657. The summed E-state index contributed by atoms with van der Waals surface area (Å²) in [6.07, 6.45) is 5.38. The van der Waals surface area contributed by atoms with E-state index in [1.807, 2.05) is 7.05 Å². The van der Waals surface area contributed by atoms with E-state index in [1.165, 1.54) is 11.3 Å². The monoisotopic (exact) mass is 504 g/mol. The van der Waals surface area contributed by atoms with Crippen LogP contribution in [0.15, 0.2) is 11.2 Å². The van der Waals surface area contributed by atoms with Crippen LogP contribution in [-0.4, -0.2) is 72.1 Å². The number of aliphatic imine (C=N–C) groups is 1. The molecule has 1 unspecified atom stereocenters. The van der Waals surface area contributed by atoms with Crippen LogP contribution < -0.4 is 10.6 Å². The van der Waals surface area contributed by atoms with E-state index >= 15 is 0 Å². The van der Waals surface area contributed by atoms with Crippen molar-refractivity contribution in [3.8, 4) is 0 Å².